The highest BCUT2D eigenvalue weighted by atomic mass is 19.4. The molecule has 0 bridgehead atoms. The van der Waals surface area contributed by atoms with Gasteiger partial charge in [0.15, 0.2) is 0 Å². The van der Waals surface area contributed by atoms with Crippen molar-refractivity contribution < 1.29 is 27.8 Å². The van der Waals surface area contributed by atoms with Crippen LogP contribution in [0.4, 0.5) is 13.2 Å². The third-order valence-corrected chi connectivity index (χ3v) is 1.76. The lowest BCUT2D eigenvalue weighted by molar-refractivity contribution is -0.274. The molecule has 0 heterocycles. The van der Waals surface area contributed by atoms with Gasteiger partial charge in [0.2, 0.25) is 0 Å². The number of hydrogen-bond acceptors (Lipinski definition) is 3. The fourth-order valence-electron chi connectivity index (χ4n) is 1.16. The first kappa shape index (κ1) is 13.6. The molecular formula is C11H12F3O3. The van der Waals surface area contributed by atoms with Crippen molar-refractivity contribution in [2.24, 2.45) is 0 Å². The van der Waals surface area contributed by atoms with E-state index in [1.54, 1.807) is 0 Å². The van der Waals surface area contributed by atoms with Gasteiger partial charge in [-0.05, 0) is 24.1 Å². The standard InChI is InChI=1S/C11H12F3O3/c1-2-3-16-9-4-8(7-15)5-10(6-9)17-11(12,13)14/h4-7,15H,2-3H2,1H3. The SMILES string of the molecule is CCCOc1cc([CH]O)cc(OC(F)(F)F)c1. The lowest BCUT2D eigenvalue weighted by Gasteiger charge is -2.12. The van der Waals surface area contributed by atoms with Gasteiger partial charge in [-0.15, -0.1) is 13.2 Å². The number of alkyl halides is 3. The van der Waals surface area contributed by atoms with Crippen molar-refractivity contribution >= 4 is 0 Å². The lowest BCUT2D eigenvalue weighted by atomic mass is 10.2. The van der Waals surface area contributed by atoms with Gasteiger partial charge in [-0.25, -0.2) is 0 Å². The van der Waals surface area contributed by atoms with Crippen LogP contribution in [0.2, 0.25) is 0 Å². The molecule has 1 N–H and O–H groups in total. The Bertz CT molecular complexity index is 363. The third-order valence-electron chi connectivity index (χ3n) is 1.76. The van der Waals surface area contributed by atoms with Crippen LogP contribution in [0.15, 0.2) is 18.2 Å². The molecule has 0 aliphatic carbocycles. The van der Waals surface area contributed by atoms with Gasteiger partial charge >= 0.3 is 6.36 Å². The van der Waals surface area contributed by atoms with E-state index in [2.05, 4.69) is 4.74 Å². The number of rotatable bonds is 5. The van der Waals surface area contributed by atoms with Crippen LogP contribution in [0.5, 0.6) is 11.5 Å². The molecule has 0 saturated carbocycles. The molecule has 0 aromatic heterocycles. The van der Waals surface area contributed by atoms with E-state index in [0.29, 0.717) is 13.2 Å². The molecule has 0 aliphatic rings. The average molecular weight is 249 g/mol. The molecular weight excluding hydrogens is 237 g/mol. The Balaban J connectivity index is 2.88. The van der Waals surface area contributed by atoms with E-state index in [1.807, 2.05) is 6.92 Å². The second kappa shape index (κ2) is 5.77. The van der Waals surface area contributed by atoms with E-state index in [4.69, 9.17) is 9.84 Å². The predicted molar refractivity (Wildman–Crippen MR) is 54.2 cm³/mol. The van der Waals surface area contributed by atoms with Crippen LogP contribution in [0.25, 0.3) is 0 Å². The van der Waals surface area contributed by atoms with Crippen LogP contribution in [-0.2, 0) is 0 Å². The van der Waals surface area contributed by atoms with E-state index >= 15 is 0 Å². The Morgan fingerprint density at radius 3 is 2.41 bits per heavy atom. The van der Waals surface area contributed by atoms with E-state index in [1.165, 1.54) is 6.07 Å². The summed E-state index contributed by atoms with van der Waals surface area (Å²) in [6, 6.07) is 3.60. The van der Waals surface area contributed by atoms with E-state index in [0.717, 1.165) is 18.6 Å². The minimum absolute atomic E-state index is 0.179. The minimum Gasteiger partial charge on any atom is -0.493 e. The van der Waals surface area contributed by atoms with Crippen molar-refractivity contribution in [3.63, 3.8) is 0 Å². The van der Waals surface area contributed by atoms with E-state index in [9.17, 15) is 13.2 Å². The molecule has 0 saturated heterocycles. The molecule has 0 spiro atoms. The van der Waals surface area contributed by atoms with Crippen molar-refractivity contribution in [2.75, 3.05) is 6.61 Å². The number of hydrogen-bond donors (Lipinski definition) is 1. The van der Waals surface area contributed by atoms with E-state index < -0.39 is 12.1 Å². The summed E-state index contributed by atoms with van der Waals surface area (Å²) in [6.45, 7) is 2.93. The largest absolute Gasteiger partial charge is 0.573 e. The number of benzene rings is 1. The number of aliphatic hydroxyl groups is 1. The summed E-state index contributed by atoms with van der Waals surface area (Å²) >= 11 is 0. The van der Waals surface area contributed by atoms with Gasteiger partial charge in [0.25, 0.3) is 0 Å². The molecule has 1 aromatic rings. The van der Waals surface area contributed by atoms with Crippen LogP contribution in [0.3, 0.4) is 0 Å². The van der Waals surface area contributed by atoms with Gasteiger partial charge in [-0.3, -0.25) is 0 Å². The summed E-state index contributed by atoms with van der Waals surface area (Å²) < 4.78 is 45.0. The fourth-order valence-corrected chi connectivity index (χ4v) is 1.16. The summed E-state index contributed by atoms with van der Waals surface area (Å²) in [4.78, 5) is 0. The first-order valence-corrected chi connectivity index (χ1v) is 4.95. The van der Waals surface area contributed by atoms with Gasteiger partial charge in [0.05, 0.1) is 6.61 Å². The predicted octanol–water partition coefficient (Wildman–Crippen LogP) is 3.26. The maximum atomic E-state index is 12.0. The van der Waals surface area contributed by atoms with Crippen LogP contribution >= 0.6 is 0 Å². The molecule has 1 radical (unpaired) electrons. The monoisotopic (exact) mass is 249 g/mol. The summed E-state index contributed by atoms with van der Waals surface area (Å²) in [5.41, 5.74) is 0.179. The van der Waals surface area contributed by atoms with Gasteiger partial charge in [0, 0.05) is 6.07 Å². The summed E-state index contributed by atoms with van der Waals surface area (Å²) in [5.74, 6) is -0.208. The topological polar surface area (TPSA) is 38.7 Å². The quantitative estimate of drug-likeness (QED) is 0.870. The highest BCUT2D eigenvalue weighted by molar-refractivity contribution is 5.40. The smallest absolute Gasteiger partial charge is 0.493 e. The molecule has 95 valence electrons. The second-order valence-electron chi connectivity index (χ2n) is 3.26. The molecule has 17 heavy (non-hydrogen) atoms. The normalized spacial score (nSPS) is 11.4. The molecule has 0 unspecified atom stereocenters. The zero-order valence-electron chi connectivity index (χ0n) is 9.12. The molecule has 6 heteroatoms. The Morgan fingerprint density at radius 1 is 1.24 bits per heavy atom. The summed E-state index contributed by atoms with van der Waals surface area (Å²) in [6.07, 6.45) is -4.04. The van der Waals surface area contributed by atoms with Crippen molar-refractivity contribution in [1.82, 2.24) is 0 Å². The summed E-state index contributed by atoms with van der Waals surface area (Å²) in [7, 11) is 0. The van der Waals surface area contributed by atoms with Crippen molar-refractivity contribution in [1.29, 1.82) is 0 Å². The lowest BCUT2D eigenvalue weighted by Crippen LogP contribution is -2.17. The van der Waals surface area contributed by atoms with E-state index in [-0.39, 0.29) is 11.3 Å². The highest BCUT2D eigenvalue weighted by Gasteiger charge is 2.31. The highest BCUT2D eigenvalue weighted by Crippen LogP contribution is 2.28. The molecule has 0 aliphatic heterocycles. The average Bonchev–Trinajstić information content (AvgIpc) is 2.23. The van der Waals surface area contributed by atoms with Crippen molar-refractivity contribution in [2.45, 2.75) is 19.7 Å². The Morgan fingerprint density at radius 2 is 1.88 bits per heavy atom. The Hall–Kier alpha value is -1.43. The van der Waals surface area contributed by atoms with Gasteiger partial charge in [-0.2, -0.15) is 0 Å². The molecule has 0 atom stereocenters. The van der Waals surface area contributed by atoms with Crippen LogP contribution in [-0.4, -0.2) is 18.1 Å². The second-order valence-corrected chi connectivity index (χ2v) is 3.26. The number of aliphatic hydroxyl groups excluding tert-OH is 1. The molecule has 0 amide bonds. The minimum atomic E-state index is -4.77. The van der Waals surface area contributed by atoms with Gasteiger partial charge in [-0.1, -0.05) is 6.92 Å². The Kier molecular flexibility index (Phi) is 4.62. The van der Waals surface area contributed by atoms with Crippen LogP contribution in [0.1, 0.15) is 18.9 Å². The van der Waals surface area contributed by atoms with Crippen LogP contribution < -0.4 is 9.47 Å². The molecule has 1 aromatic carbocycles. The zero-order valence-corrected chi connectivity index (χ0v) is 9.12. The Labute approximate surface area is 96.8 Å². The maximum absolute atomic E-state index is 12.0. The van der Waals surface area contributed by atoms with Gasteiger partial charge in [0.1, 0.15) is 18.1 Å². The third kappa shape index (κ3) is 4.95. The molecule has 0 fully saturated rings. The van der Waals surface area contributed by atoms with Gasteiger partial charge < -0.3 is 14.6 Å². The number of ether oxygens (including phenoxy) is 2. The first-order valence-electron chi connectivity index (χ1n) is 4.95. The van der Waals surface area contributed by atoms with Crippen molar-refractivity contribution in [3.05, 3.63) is 30.4 Å². The van der Waals surface area contributed by atoms with Crippen LogP contribution in [0, 0.1) is 6.61 Å². The maximum Gasteiger partial charge on any atom is 0.573 e. The van der Waals surface area contributed by atoms with Crippen molar-refractivity contribution in [3.8, 4) is 11.5 Å². The molecule has 1 rings (SSSR count). The number of halogens is 3. The zero-order chi connectivity index (χ0) is 12.9. The first-order chi connectivity index (χ1) is 7.94. The fraction of sp³-hybridized carbons (Fsp3) is 0.364. The summed E-state index contributed by atoms with van der Waals surface area (Å²) in [5, 5.41) is 8.79. The molecule has 3 nitrogen and oxygen atoms in total.